The fourth-order valence-electron chi connectivity index (χ4n) is 3.70. The number of anilines is 2. The Morgan fingerprint density at radius 1 is 0.788 bits per heavy atom. The first-order chi connectivity index (χ1) is 16.0. The quantitative estimate of drug-likeness (QED) is 0.132. The van der Waals surface area contributed by atoms with Gasteiger partial charge in [0.05, 0.1) is 0 Å². The third-order valence-corrected chi connectivity index (χ3v) is 5.55. The van der Waals surface area contributed by atoms with E-state index in [4.69, 9.17) is 16.2 Å². The van der Waals surface area contributed by atoms with E-state index in [9.17, 15) is 4.79 Å². The Balaban J connectivity index is 1.49. The number of ether oxygens (including phenoxy) is 1. The van der Waals surface area contributed by atoms with Crippen molar-refractivity contribution in [3.63, 3.8) is 0 Å². The summed E-state index contributed by atoms with van der Waals surface area (Å²) in [6.45, 7) is 2.25. The number of benzene rings is 3. The third kappa shape index (κ3) is 8.15. The van der Waals surface area contributed by atoms with Crippen molar-refractivity contribution in [2.24, 2.45) is 0 Å². The zero-order valence-electron chi connectivity index (χ0n) is 19.4. The molecule has 4 nitrogen and oxygen atoms in total. The Hall–Kier alpha value is -3.53. The van der Waals surface area contributed by atoms with Crippen LogP contribution in [0.4, 0.5) is 11.4 Å². The Morgan fingerprint density at radius 2 is 1.42 bits per heavy atom. The second-order valence-electron chi connectivity index (χ2n) is 8.42. The molecule has 3 aromatic rings. The maximum Gasteiger partial charge on any atom is 0.185 e. The van der Waals surface area contributed by atoms with Crippen LogP contribution in [-0.2, 0) is 6.42 Å². The number of nitrogens with two attached hydrogens (primary N) is 2. The lowest BCUT2D eigenvalue weighted by Crippen LogP contribution is -1.95. The molecular weight excluding hydrogens is 408 g/mol. The summed E-state index contributed by atoms with van der Waals surface area (Å²) in [7, 11) is 0. The smallest absolute Gasteiger partial charge is 0.185 e. The Morgan fingerprint density at radius 3 is 2.09 bits per heavy atom. The van der Waals surface area contributed by atoms with Crippen LogP contribution in [0.3, 0.4) is 0 Å². The van der Waals surface area contributed by atoms with Crippen LogP contribution in [-0.4, -0.2) is 5.78 Å². The van der Waals surface area contributed by atoms with E-state index in [1.165, 1.54) is 44.1 Å². The Kier molecular flexibility index (Phi) is 9.13. The van der Waals surface area contributed by atoms with Gasteiger partial charge in [-0.2, -0.15) is 0 Å². The molecule has 0 aromatic heterocycles. The molecule has 4 heteroatoms. The zero-order valence-corrected chi connectivity index (χ0v) is 19.4. The van der Waals surface area contributed by atoms with E-state index >= 15 is 0 Å². The number of nitrogen functional groups attached to an aromatic ring is 2. The average molecular weight is 443 g/mol. The van der Waals surface area contributed by atoms with Gasteiger partial charge in [-0.3, -0.25) is 4.79 Å². The summed E-state index contributed by atoms with van der Waals surface area (Å²) in [5.41, 5.74) is 15.6. The number of carbonyl (C=O) groups is 1. The van der Waals surface area contributed by atoms with Gasteiger partial charge in [-0.1, -0.05) is 69.4 Å². The summed E-state index contributed by atoms with van der Waals surface area (Å²) in [5, 5.41) is 0. The molecule has 0 atom stereocenters. The molecular formula is C29H34N2O2. The van der Waals surface area contributed by atoms with Gasteiger partial charge in [0, 0.05) is 29.1 Å². The topological polar surface area (TPSA) is 78.3 Å². The molecule has 172 valence electrons. The first-order valence-corrected chi connectivity index (χ1v) is 11.8. The number of aryl methyl sites for hydroxylation is 1. The van der Waals surface area contributed by atoms with E-state index in [1.807, 2.05) is 6.08 Å². The minimum Gasteiger partial charge on any atom is -0.457 e. The lowest BCUT2D eigenvalue weighted by molar-refractivity contribution is 0.104. The predicted octanol–water partition coefficient (Wildman–Crippen LogP) is 7.44. The maximum atomic E-state index is 12.5. The lowest BCUT2D eigenvalue weighted by Gasteiger charge is -2.08. The predicted molar refractivity (Wildman–Crippen MR) is 139 cm³/mol. The summed E-state index contributed by atoms with van der Waals surface area (Å²) in [6, 6.07) is 20.6. The fraction of sp³-hybridized carbons (Fsp3) is 0.276. The van der Waals surface area contributed by atoms with Gasteiger partial charge in [-0.25, -0.2) is 0 Å². The van der Waals surface area contributed by atoms with Gasteiger partial charge in [0.1, 0.15) is 11.5 Å². The highest BCUT2D eigenvalue weighted by Gasteiger charge is 2.04. The molecule has 4 N–H and O–H groups in total. The van der Waals surface area contributed by atoms with Crippen LogP contribution < -0.4 is 16.2 Å². The van der Waals surface area contributed by atoms with Gasteiger partial charge in [-0.05, 0) is 60.4 Å². The second-order valence-corrected chi connectivity index (χ2v) is 8.42. The zero-order chi connectivity index (χ0) is 23.5. The number of hydrogen-bond donors (Lipinski definition) is 2. The molecule has 0 heterocycles. The Labute approximate surface area is 197 Å². The van der Waals surface area contributed by atoms with E-state index in [0.717, 1.165) is 12.0 Å². The van der Waals surface area contributed by atoms with Crippen molar-refractivity contribution in [3.05, 3.63) is 89.5 Å². The van der Waals surface area contributed by atoms with E-state index in [1.54, 1.807) is 48.5 Å². The molecule has 0 radical (unpaired) electrons. The first-order valence-electron chi connectivity index (χ1n) is 11.8. The number of rotatable bonds is 12. The lowest BCUT2D eigenvalue weighted by atomic mass is 10.0. The molecule has 0 aliphatic carbocycles. The summed E-state index contributed by atoms with van der Waals surface area (Å²) in [5.74, 6) is 1.12. The molecule has 0 saturated carbocycles. The van der Waals surface area contributed by atoms with E-state index in [-0.39, 0.29) is 5.78 Å². The van der Waals surface area contributed by atoms with Crippen LogP contribution in [0.15, 0.2) is 72.8 Å². The van der Waals surface area contributed by atoms with Gasteiger partial charge in [0.2, 0.25) is 0 Å². The number of carbonyl (C=O) groups excluding carboxylic acids is 1. The Bertz CT molecular complexity index is 1030. The molecule has 3 aromatic carbocycles. The van der Waals surface area contributed by atoms with Crippen molar-refractivity contribution in [2.45, 2.75) is 51.9 Å². The number of ketones is 1. The van der Waals surface area contributed by atoms with E-state index < -0.39 is 0 Å². The van der Waals surface area contributed by atoms with Crippen LogP contribution in [0.1, 0.15) is 66.9 Å². The molecule has 0 bridgehead atoms. The fourth-order valence-corrected chi connectivity index (χ4v) is 3.70. The van der Waals surface area contributed by atoms with Gasteiger partial charge < -0.3 is 16.2 Å². The highest BCUT2D eigenvalue weighted by atomic mass is 16.5. The number of unbranched alkanes of at least 4 members (excludes halogenated alkanes) is 5. The van der Waals surface area contributed by atoms with Crippen molar-refractivity contribution in [3.8, 4) is 11.5 Å². The molecule has 0 spiro atoms. The summed E-state index contributed by atoms with van der Waals surface area (Å²) < 4.78 is 5.78. The summed E-state index contributed by atoms with van der Waals surface area (Å²) >= 11 is 0. The van der Waals surface area contributed by atoms with E-state index in [0.29, 0.717) is 28.4 Å². The van der Waals surface area contributed by atoms with Gasteiger partial charge >= 0.3 is 0 Å². The number of hydrogen-bond acceptors (Lipinski definition) is 4. The van der Waals surface area contributed by atoms with Crippen molar-refractivity contribution >= 4 is 23.2 Å². The summed E-state index contributed by atoms with van der Waals surface area (Å²) in [4.78, 5) is 12.5. The van der Waals surface area contributed by atoms with Crippen molar-refractivity contribution < 1.29 is 9.53 Å². The third-order valence-electron chi connectivity index (χ3n) is 5.55. The van der Waals surface area contributed by atoms with E-state index in [2.05, 4.69) is 31.2 Å². The molecule has 3 rings (SSSR count). The minimum atomic E-state index is -0.0501. The van der Waals surface area contributed by atoms with Gasteiger partial charge in [0.15, 0.2) is 5.78 Å². The standard InChI is InChI=1S/C29H34N2O2/c1-2-3-4-5-6-7-8-22-9-11-23(12-10-22)13-18-29(32)24-14-16-27(17-15-24)33-28-20-25(30)19-26(31)21-28/h9-21H,2-8,30-31H2,1H3. The molecule has 0 unspecified atom stereocenters. The van der Waals surface area contributed by atoms with Gasteiger partial charge in [-0.15, -0.1) is 0 Å². The summed E-state index contributed by atoms with van der Waals surface area (Å²) in [6.07, 6.45) is 12.4. The maximum absolute atomic E-state index is 12.5. The van der Waals surface area contributed by atoms with Crippen molar-refractivity contribution in [2.75, 3.05) is 11.5 Å². The monoisotopic (exact) mass is 442 g/mol. The van der Waals surface area contributed by atoms with Crippen molar-refractivity contribution in [1.82, 2.24) is 0 Å². The van der Waals surface area contributed by atoms with Gasteiger partial charge in [0.25, 0.3) is 0 Å². The normalized spacial score (nSPS) is 11.1. The minimum absolute atomic E-state index is 0.0501. The molecule has 0 aliphatic heterocycles. The molecule has 0 aliphatic rings. The van der Waals surface area contributed by atoms with Crippen molar-refractivity contribution in [1.29, 1.82) is 0 Å². The van der Waals surface area contributed by atoms with Crippen LogP contribution >= 0.6 is 0 Å². The van der Waals surface area contributed by atoms with Crippen LogP contribution in [0.2, 0.25) is 0 Å². The molecule has 0 fully saturated rings. The highest BCUT2D eigenvalue weighted by Crippen LogP contribution is 2.26. The molecule has 33 heavy (non-hydrogen) atoms. The van der Waals surface area contributed by atoms with Crippen LogP contribution in [0, 0.1) is 0 Å². The molecule has 0 amide bonds. The average Bonchev–Trinajstić information content (AvgIpc) is 2.80. The first kappa shape index (κ1) is 24.1. The second kappa shape index (κ2) is 12.5. The van der Waals surface area contributed by atoms with Crippen LogP contribution in [0.25, 0.3) is 6.08 Å². The SMILES string of the molecule is CCCCCCCCc1ccc(C=CC(=O)c2ccc(Oc3cc(N)cc(N)c3)cc2)cc1. The van der Waals surface area contributed by atoms with Crippen LogP contribution in [0.5, 0.6) is 11.5 Å². The highest BCUT2D eigenvalue weighted by molar-refractivity contribution is 6.06. The molecule has 0 saturated heterocycles. The largest absolute Gasteiger partial charge is 0.457 e. The number of allylic oxidation sites excluding steroid dienone is 1.